The van der Waals surface area contributed by atoms with E-state index in [1.807, 2.05) is 13.8 Å². The van der Waals surface area contributed by atoms with Crippen molar-refractivity contribution in [1.82, 2.24) is 9.55 Å². The molecule has 1 aromatic carbocycles. The normalized spacial score (nSPS) is 13.5. The number of carbonyl (C=O) groups is 2. The van der Waals surface area contributed by atoms with Gasteiger partial charge in [0.15, 0.2) is 29.5 Å². The van der Waals surface area contributed by atoms with Gasteiger partial charge >= 0.3 is 5.97 Å². The summed E-state index contributed by atoms with van der Waals surface area (Å²) < 4.78 is 25.0. The van der Waals surface area contributed by atoms with Crippen LogP contribution in [0, 0.1) is 5.82 Å². The van der Waals surface area contributed by atoms with Gasteiger partial charge in [0.25, 0.3) is 5.56 Å². The lowest BCUT2D eigenvalue weighted by Gasteiger charge is -2.27. The lowest BCUT2D eigenvalue weighted by Crippen LogP contribution is -2.38. The Labute approximate surface area is 195 Å². The molecule has 1 atom stereocenters. The first-order chi connectivity index (χ1) is 16.4. The highest BCUT2D eigenvalue weighted by molar-refractivity contribution is 6.00. The Balaban J connectivity index is 0.000000970. The molecule has 0 bridgehead atoms. The number of aldehydes is 1. The summed E-state index contributed by atoms with van der Waals surface area (Å²) in [6, 6.07) is 5.83. The highest BCUT2D eigenvalue weighted by atomic mass is 19.1. The number of aromatic nitrogens is 2. The van der Waals surface area contributed by atoms with Gasteiger partial charge in [-0.3, -0.25) is 19.1 Å². The minimum absolute atomic E-state index is 0.0140. The molecule has 0 saturated heterocycles. The summed E-state index contributed by atoms with van der Waals surface area (Å²) >= 11 is 0. The molecule has 9 nitrogen and oxygen atoms in total. The molecule has 0 fully saturated rings. The summed E-state index contributed by atoms with van der Waals surface area (Å²) in [6.07, 6.45) is 1.31. The third-order valence-corrected chi connectivity index (χ3v) is 4.84. The van der Waals surface area contributed by atoms with Gasteiger partial charge < -0.3 is 19.7 Å². The fourth-order valence-corrected chi connectivity index (χ4v) is 3.48. The maximum absolute atomic E-state index is 13.2. The van der Waals surface area contributed by atoms with E-state index in [0.717, 1.165) is 12.7 Å². The maximum atomic E-state index is 13.2. The van der Waals surface area contributed by atoms with E-state index in [9.17, 15) is 23.9 Å². The van der Waals surface area contributed by atoms with Crippen LogP contribution in [0.25, 0.3) is 11.0 Å². The number of hydrogen-bond donors (Lipinski definition) is 2. The van der Waals surface area contributed by atoms with E-state index in [-0.39, 0.29) is 35.8 Å². The molecule has 0 aliphatic carbocycles. The standard InChI is InChI=1S/C21H17FN2O6.C2H6.CH4O/c1-2-29-21(28)15-18(26)16-17-19(30-14(10-25)9-24(17)20(15)27)12(8-23-16)7-11-3-5-13(22)6-4-11;2*1-2/h3-6,8,10,14,26H,2,7,9H2,1H3;1-2H3;2H,1H3. The lowest BCUT2D eigenvalue weighted by molar-refractivity contribution is -0.114. The van der Waals surface area contributed by atoms with E-state index in [0.29, 0.717) is 18.3 Å². The Hall–Kier alpha value is -3.79. The van der Waals surface area contributed by atoms with E-state index >= 15 is 0 Å². The molecule has 4 rings (SSSR count). The van der Waals surface area contributed by atoms with Crippen LogP contribution < -0.4 is 10.3 Å². The molecule has 0 saturated carbocycles. The van der Waals surface area contributed by atoms with Crippen LogP contribution in [0.5, 0.6) is 11.5 Å². The number of nitrogens with zero attached hydrogens (tertiary/aromatic N) is 2. The number of ether oxygens (including phenoxy) is 2. The van der Waals surface area contributed by atoms with Crippen molar-refractivity contribution in [3.05, 3.63) is 63.3 Å². The van der Waals surface area contributed by atoms with Crippen LogP contribution in [-0.4, -0.2) is 51.8 Å². The number of aliphatic hydroxyl groups is 1. The Morgan fingerprint density at radius 3 is 2.53 bits per heavy atom. The summed E-state index contributed by atoms with van der Waals surface area (Å²) in [5.41, 5.74) is 0.128. The lowest BCUT2D eigenvalue weighted by atomic mass is 10.0. The molecule has 3 aromatic rings. The molecule has 0 radical (unpaired) electrons. The van der Waals surface area contributed by atoms with E-state index in [1.165, 1.54) is 22.9 Å². The van der Waals surface area contributed by atoms with Crippen molar-refractivity contribution in [2.75, 3.05) is 13.7 Å². The molecule has 10 heteroatoms. The van der Waals surface area contributed by atoms with Crippen molar-refractivity contribution < 1.29 is 33.7 Å². The number of hydrogen-bond acceptors (Lipinski definition) is 8. The summed E-state index contributed by atoms with van der Waals surface area (Å²) in [5.74, 6) is -1.75. The molecule has 2 aromatic heterocycles. The van der Waals surface area contributed by atoms with Crippen molar-refractivity contribution in [1.29, 1.82) is 0 Å². The molecule has 1 aliphatic heterocycles. The number of aliphatic hydroxyl groups excluding tert-OH is 1. The minimum Gasteiger partial charge on any atom is -0.505 e. The van der Waals surface area contributed by atoms with Crippen LogP contribution in [-0.2, 0) is 22.5 Å². The molecule has 3 heterocycles. The summed E-state index contributed by atoms with van der Waals surface area (Å²) in [7, 11) is 1.00. The van der Waals surface area contributed by atoms with Crippen LogP contribution in [0.1, 0.15) is 42.3 Å². The Kier molecular flexibility index (Phi) is 9.26. The zero-order valence-corrected chi connectivity index (χ0v) is 19.4. The second-order valence-corrected chi connectivity index (χ2v) is 6.77. The van der Waals surface area contributed by atoms with E-state index in [2.05, 4.69) is 4.98 Å². The molecule has 1 aliphatic rings. The molecular weight excluding hydrogens is 447 g/mol. The number of carbonyl (C=O) groups excluding carboxylic acids is 2. The van der Waals surface area contributed by atoms with Crippen molar-refractivity contribution >= 4 is 23.3 Å². The topological polar surface area (TPSA) is 128 Å². The monoisotopic (exact) mass is 474 g/mol. The Morgan fingerprint density at radius 2 is 1.94 bits per heavy atom. The molecule has 0 amide bonds. The average Bonchev–Trinajstić information content (AvgIpc) is 2.87. The van der Waals surface area contributed by atoms with Gasteiger partial charge in [0, 0.05) is 25.3 Å². The van der Waals surface area contributed by atoms with Gasteiger partial charge in [0.05, 0.1) is 13.2 Å². The number of esters is 1. The maximum Gasteiger partial charge on any atom is 0.347 e. The first-order valence-corrected chi connectivity index (χ1v) is 10.7. The first kappa shape index (κ1) is 26.5. The highest BCUT2D eigenvalue weighted by Gasteiger charge is 2.32. The van der Waals surface area contributed by atoms with Crippen molar-refractivity contribution in [3.8, 4) is 11.5 Å². The number of pyridine rings is 2. The Bertz CT molecular complexity index is 1220. The molecule has 34 heavy (non-hydrogen) atoms. The molecule has 1 unspecified atom stereocenters. The summed E-state index contributed by atoms with van der Waals surface area (Å²) in [6.45, 7) is 5.46. The third kappa shape index (κ3) is 5.07. The van der Waals surface area contributed by atoms with Crippen molar-refractivity contribution in [3.63, 3.8) is 0 Å². The van der Waals surface area contributed by atoms with Crippen LogP contribution in [0.3, 0.4) is 0 Å². The first-order valence-electron chi connectivity index (χ1n) is 10.7. The fourth-order valence-electron chi connectivity index (χ4n) is 3.48. The molecular formula is C24H27FN2O7. The van der Waals surface area contributed by atoms with Crippen LogP contribution in [0.4, 0.5) is 4.39 Å². The number of aromatic hydroxyl groups is 1. The summed E-state index contributed by atoms with van der Waals surface area (Å²) in [5, 5.41) is 17.6. The van der Waals surface area contributed by atoms with Crippen LogP contribution >= 0.6 is 0 Å². The number of rotatable bonds is 5. The van der Waals surface area contributed by atoms with Crippen molar-refractivity contribution in [2.24, 2.45) is 0 Å². The van der Waals surface area contributed by atoms with Gasteiger partial charge in [0.1, 0.15) is 16.9 Å². The quantitative estimate of drug-likeness (QED) is 0.427. The number of benzene rings is 1. The van der Waals surface area contributed by atoms with Gasteiger partial charge in [-0.05, 0) is 24.6 Å². The molecule has 0 spiro atoms. The van der Waals surface area contributed by atoms with Crippen LogP contribution in [0.2, 0.25) is 0 Å². The highest BCUT2D eigenvalue weighted by Crippen LogP contribution is 2.37. The average molecular weight is 474 g/mol. The van der Waals surface area contributed by atoms with Gasteiger partial charge in [-0.1, -0.05) is 26.0 Å². The Morgan fingerprint density at radius 1 is 1.29 bits per heavy atom. The predicted octanol–water partition coefficient (Wildman–Crippen LogP) is 2.60. The SMILES string of the molecule is CC.CCOC(=O)c1c(O)c2ncc(Cc3ccc(F)cc3)c3c2n(c1=O)CC(C=O)O3.CO. The number of halogens is 1. The van der Waals surface area contributed by atoms with E-state index in [1.54, 1.807) is 19.1 Å². The van der Waals surface area contributed by atoms with E-state index in [4.69, 9.17) is 14.6 Å². The zero-order chi connectivity index (χ0) is 25.4. The summed E-state index contributed by atoms with van der Waals surface area (Å²) in [4.78, 5) is 40.9. The minimum atomic E-state index is -0.974. The van der Waals surface area contributed by atoms with Gasteiger partial charge in [0.2, 0.25) is 0 Å². The van der Waals surface area contributed by atoms with Crippen molar-refractivity contribution in [2.45, 2.75) is 39.8 Å². The van der Waals surface area contributed by atoms with Crippen LogP contribution in [0.15, 0.2) is 35.3 Å². The largest absolute Gasteiger partial charge is 0.505 e. The van der Waals surface area contributed by atoms with Gasteiger partial charge in [-0.2, -0.15) is 0 Å². The zero-order valence-electron chi connectivity index (χ0n) is 19.4. The second-order valence-electron chi connectivity index (χ2n) is 6.77. The third-order valence-electron chi connectivity index (χ3n) is 4.84. The van der Waals surface area contributed by atoms with Gasteiger partial charge in [-0.25, -0.2) is 9.18 Å². The van der Waals surface area contributed by atoms with Gasteiger partial charge in [-0.15, -0.1) is 0 Å². The smallest absolute Gasteiger partial charge is 0.347 e. The molecule has 2 N–H and O–H groups in total. The molecule has 182 valence electrons. The van der Waals surface area contributed by atoms with E-state index < -0.39 is 28.9 Å². The fraction of sp³-hybridized carbons (Fsp3) is 0.333. The predicted molar refractivity (Wildman–Crippen MR) is 123 cm³/mol. The second kappa shape index (κ2) is 11.9.